The molecule has 200 valence electrons. The fraction of sp³-hybridized carbons (Fsp3) is 0.154. The number of pyridine rings is 1. The molecule has 1 aliphatic heterocycles. The molecular weight excluding hydrogens is 542 g/mol. The Labute approximate surface area is 229 Å². The third-order valence-corrected chi connectivity index (χ3v) is 7.04. The van der Waals surface area contributed by atoms with Crippen LogP contribution in [0.2, 0.25) is 0 Å². The first-order chi connectivity index (χ1) is 18.7. The molecule has 0 saturated carbocycles. The van der Waals surface area contributed by atoms with Gasteiger partial charge in [0.25, 0.3) is 5.69 Å². The quantitative estimate of drug-likeness (QED) is 0.174. The zero-order valence-electron chi connectivity index (χ0n) is 20.8. The van der Waals surface area contributed by atoms with Crippen LogP contribution in [0.3, 0.4) is 0 Å². The topological polar surface area (TPSA) is 140 Å². The summed E-state index contributed by atoms with van der Waals surface area (Å²) < 4.78 is 38.1. The standard InChI is InChI=1S/C26H23N5O6S2/c1-36-22-11-10-16(15-19(22)29-39(2,34)35)30-25(24(28-26(30)38)18-8-5-6-14-27-18)23-13-12-21(37-23)17-7-3-4-9-20(17)31(32)33/h3-15,24-25,29H,1-2H3,(H,28,38). The number of furan rings is 1. The number of thiocarbonyl (C=S) groups is 1. The van der Waals surface area contributed by atoms with Crippen molar-refractivity contribution in [3.05, 3.63) is 101 Å². The molecule has 5 rings (SSSR count). The summed E-state index contributed by atoms with van der Waals surface area (Å²) in [5, 5.41) is 15.3. The van der Waals surface area contributed by atoms with Gasteiger partial charge in [-0.05, 0) is 60.7 Å². The normalized spacial score (nSPS) is 17.1. The average Bonchev–Trinajstić information content (AvgIpc) is 3.53. The van der Waals surface area contributed by atoms with Gasteiger partial charge in [0, 0.05) is 18.0 Å². The molecule has 0 radical (unpaired) electrons. The van der Waals surface area contributed by atoms with E-state index in [-0.39, 0.29) is 11.4 Å². The molecule has 4 aromatic rings. The molecule has 0 bridgehead atoms. The molecule has 3 heterocycles. The molecule has 13 heteroatoms. The predicted octanol–water partition coefficient (Wildman–Crippen LogP) is 4.81. The van der Waals surface area contributed by atoms with Crippen LogP contribution in [-0.2, 0) is 10.0 Å². The minimum atomic E-state index is -3.60. The van der Waals surface area contributed by atoms with E-state index in [0.717, 1.165) is 6.26 Å². The van der Waals surface area contributed by atoms with Crippen molar-refractivity contribution in [2.45, 2.75) is 12.1 Å². The molecule has 0 amide bonds. The van der Waals surface area contributed by atoms with Crippen molar-refractivity contribution in [1.29, 1.82) is 0 Å². The fourth-order valence-electron chi connectivity index (χ4n) is 4.54. The summed E-state index contributed by atoms with van der Waals surface area (Å²) >= 11 is 5.73. The number of hydrogen-bond acceptors (Lipinski definition) is 8. The Morgan fingerprint density at radius 1 is 1.13 bits per heavy atom. The van der Waals surface area contributed by atoms with Crippen LogP contribution in [0.25, 0.3) is 11.3 Å². The lowest BCUT2D eigenvalue weighted by Crippen LogP contribution is -2.29. The van der Waals surface area contributed by atoms with Crippen LogP contribution >= 0.6 is 12.2 Å². The Balaban J connectivity index is 1.63. The zero-order chi connectivity index (χ0) is 27.7. The van der Waals surface area contributed by atoms with Gasteiger partial charge in [0.05, 0.1) is 41.3 Å². The van der Waals surface area contributed by atoms with Crippen molar-refractivity contribution >= 4 is 44.4 Å². The number of sulfonamides is 1. The van der Waals surface area contributed by atoms with Gasteiger partial charge in [-0.1, -0.05) is 18.2 Å². The SMILES string of the molecule is COc1ccc(N2C(=S)NC(c3ccccn3)C2c2ccc(-c3ccccc3[N+](=O)[O-])o2)cc1NS(C)(=O)=O. The average molecular weight is 566 g/mol. The van der Waals surface area contributed by atoms with E-state index in [1.165, 1.54) is 13.2 Å². The Morgan fingerprint density at radius 2 is 1.90 bits per heavy atom. The molecule has 1 saturated heterocycles. The van der Waals surface area contributed by atoms with Gasteiger partial charge >= 0.3 is 0 Å². The Kier molecular flexibility index (Phi) is 6.93. The van der Waals surface area contributed by atoms with E-state index in [1.807, 2.05) is 12.1 Å². The first-order valence-electron chi connectivity index (χ1n) is 11.7. The molecule has 0 spiro atoms. The third-order valence-electron chi connectivity index (χ3n) is 6.14. The van der Waals surface area contributed by atoms with E-state index < -0.39 is 27.0 Å². The molecule has 39 heavy (non-hydrogen) atoms. The summed E-state index contributed by atoms with van der Waals surface area (Å²) in [7, 11) is -2.16. The number of aromatic nitrogens is 1. The maximum absolute atomic E-state index is 12.0. The highest BCUT2D eigenvalue weighted by Crippen LogP contribution is 2.45. The number of anilines is 2. The lowest BCUT2D eigenvalue weighted by molar-refractivity contribution is -0.384. The largest absolute Gasteiger partial charge is 0.495 e. The molecule has 2 N–H and O–H groups in total. The van der Waals surface area contributed by atoms with Crippen LogP contribution in [-0.4, -0.2) is 36.8 Å². The van der Waals surface area contributed by atoms with Crippen molar-refractivity contribution in [2.75, 3.05) is 23.0 Å². The van der Waals surface area contributed by atoms with Crippen LogP contribution in [0.15, 0.2) is 83.4 Å². The molecule has 2 aromatic heterocycles. The van der Waals surface area contributed by atoms with Gasteiger partial charge in [-0.3, -0.25) is 19.8 Å². The summed E-state index contributed by atoms with van der Waals surface area (Å²) in [6, 6.07) is 19.3. The number of nitrogens with one attached hydrogen (secondary N) is 2. The predicted molar refractivity (Wildman–Crippen MR) is 150 cm³/mol. The van der Waals surface area contributed by atoms with E-state index in [4.69, 9.17) is 21.4 Å². The number of benzene rings is 2. The number of rotatable bonds is 8. The lowest BCUT2D eigenvalue weighted by atomic mass is 10.0. The van der Waals surface area contributed by atoms with E-state index in [0.29, 0.717) is 39.3 Å². The first kappa shape index (κ1) is 26.1. The van der Waals surface area contributed by atoms with Gasteiger partial charge in [0.15, 0.2) is 5.11 Å². The highest BCUT2D eigenvalue weighted by atomic mass is 32.2. The van der Waals surface area contributed by atoms with Crippen molar-refractivity contribution in [1.82, 2.24) is 10.3 Å². The minimum Gasteiger partial charge on any atom is -0.495 e. The van der Waals surface area contributed by atoms with Crippen LogP contribution in [0, 0.1) is 10.1 Å². The monoisotopic (exact) mass is 565 g/mol. The summed E-state index contributed by atoms with van der Waals surface area (Å²) in [6.07, 6.45) is 2.72. The first-order valence-corrected chi connectivity index (χ1v) is 14.0. The highest BCUT2D eigenvalue weighted by molar-refractivity contribution is 7.92. The Morgan fingerprint density at radius 3 is 2.59 bits per heavy atom. The Bertz CT molecular complexity index is 1660. The molecule has 2 unspecified atom stereocenters. The van der Waals surface area contributed by atoms with Gasteiger partial charge in [-0.2, -0.15) is 0 Å². The molecule has 2 atom stereocenters. The second-order valence-electron chi connectivity index (χ2n) is 8.73. The maximum Gasteiger partial charge on any atom is 0.280 e. The zero-order valence-corrected chi connectivity index (χ0v) is 22.4. The number of nitro benzene ring substituents is 1. The smallest absolute Gasteiger partial charge is 0.280 e. The second-order valence-corrected chi connectivity index (χ2v) is 10.9. The molecule has 0 aliphatic carbocycles. The molecule has 2 aromatic carbocycles. The number of nitro groups is 1. The lowest BCUT2D eigenvalue weighted by Gasteiger charge is -2.27. The molecular formula is C26H23N5O6S2. The summed E-state index contributed by atoms with van der Waals surface area (Å²) in [6.45, 7) is 0. The van der Waals surface area contributed by atoms with E-state index in [1.54, 1.807) is 65.7 Å². The number of ether oxygens (including phenoxy) is 1. The van der Waals surface area contributed by atoms with Crippen LogP contribution in [0.5, 0.6) is 5.75 Å². The summed E-state index contributed by atoms with van der Waals surface area (Å²) in [5.74, 6) is 1.13. The van der Waals surface area contributed by atoms with Crippen LogP contribution in [0.4, 0.5) is 17.1 Å². The molecule has 11 nitrogen and oxygen atoms in total. The van der Waals surface area contributed by atoms with E-state index in [2.05, 4.69) is 15.0 Å². The van der Waals surface area contributed by atoms with Gasteiger partial charge < -0.3 is 19.4 Å². The van der Waals surface area contributed by atoms with Gasteiger partial charge in [-0.15, -0.1) is 0 Å². The number of para-hydroxylation sites is 1. The van der Waals surface area contributed by atoms with Crippen molar-refractivity contribution in [3.8, 4) is 17.1 Å². The van der Waals surface area contributed by atoms with Crippen molar-refractivity contribution in [3.63, 3.8) is 0 Å². The van der Waals surface area contributed by atoms with Crippen LogP contribution in [0.1, 0.15) is 23.5 Å². The van der Waals surface area contributed by atoms with E-state index in [9.17, 15) is 18.5 Å². The third kappa shape index (κ3) is 5.26. The summed E-state index contributed by atoms with van der Waals surface area (Å²) in [4.78, 5) is 17.5. The number of methoxy groups -OCH3 is 1. The molecule has 1 aliphatic rings. The number of hydrogen-bond donors (Lipinski definition) is 2. The molecule has 1 fully saturated rings. The van der Waals surface area contributed by atoms with Gasteiger partial charge in [-0.25, -0.2) is 8.42 Å². The maximum atomic E-state index is 12.0. The van der Waals surface area contributed by atoms with E-state index >= 15 is 0 Å². The van der Waals surface area contributed by atoms with Crippen LogP contribution < -0.4 is 19.7 Å². The van der Waals surface area contributed by atoms with Crippen molar-refractivity contribution < 1.29 is 22.5 Å². The summed E-state index contributed by atoms with van der Waals surface area (Å²) in [5.41, 5.74) is 1.75. The van der Waals surface area contributed by atoms with Gasteiger partial charge in [0.2, 0.25) is 10.0 Å². The Hall–Kier alpha value is -4.49. The van der Waals surface area contributed by atoms with Gasteiger partial charge in [0.1, 0.15) is 23.3 Å². The minimum absolute atomic E-state index is 0.0803. The second kappa shape index (κ2) is 10.3. The highest BCUT2D eigenvalue weighted by Gasteiger charge is 2.43. The number of nitrogens with zero attached hydrogens (tertiary/aromatic N) is 3. The van der Waals surface area contributed by atoms with Crippen molar-refractivity contribution in [2.24, 2.45) is 0 Å². The fourth-order valence-corrected chi connectivity index (χ4v) is 5.45.